The van der Waals surface area contributed by atoms with Gasteiger partial charge in [-0.25, -0.2) is 0 Å². The number of nitrogens with one attached hydrogen (secondary N) is 2. The number of rotatable bonds is 4. The van der Waals surface area contributed by atoms with Crippen LogP contribution in [-0.4, -0.2) is 49.4 Å². The van der Waals surface area contributed by atoms with Crippen LogP contribution in [0, 0.1) is 11.8 Å². The molecule has 24 heavy (non-hydrogen) atoms. The highest BCUT2D eigenvalue weighted by molar-refractivity contribution is 5.94. The summed E-state index contributed by atoms with van der Waals surface area (Å²) >= 11 is 0. The summed E-state index contributed by atoms with van der Waals surface area (Å²) < 4.78 is 0. The maximum atomic E-state index is 12.6. The maximum absolute atomic E-state index is 12.6. The normalized spacial score (nSPS) is 24.4. The summed E-state index contributed by atoms with van der Waals surface area (Å²) in [6.45, 7) is 4.09. The molecule has 2 unspecified atom stereocenters. The van der Waals surface area contributed by atoms with Gasteiger partial charge in [-0.15, -0.1) is 0 Å². The van der Waals surface area contributed by atoms with Crippen molar-refractivity contribution in [2.75, 3.05) is 32.7 Å². The highest BCUT2D eigenvalue weighted by Gasteiger charge is 2.29. The maximum Gasteiger partial charge on any atom is 0.253 e. The Balaban J connectivity index is 1.51. The second-order valence-electron chi connectivity index (χ2n) is 6.91. The number of carbonyl (C=O) groups is 2. The van der Waals surface area contributed by atoms with Crippen LogP contribution in [0.5, 0.6) is 0 Å². The van der Waals surface area contributed by atoms with Crippen molar-refractivity contribution in [3.05, 3.63) is 35.9 Å². The van der Waals surface area contributed by atoms with E-state index in [0.717, 1.165) is 39.0 Å². The first-order valence-corrected chi connectivity index (χ1v) is 9.07. The highest BCUT2D eigenvalue weighted by atomic mass is 16.2. The molecule has 5 nitrogen and oxygen atoms in total. The van der Waals surface area contributed by atoms with E-state index in [0.29, 0.717) is 18.0 Å². The molecule has 2 amide bonds. The Labute approximate surface area is 143 Å². The van der Waals surface area contributed by atoms with Crippen LogP contribution < -0.4 is 10.6 Å². The van der Waals surface area contributed by atoms with Gasteiger partial charge >= 0.3 is 0 Å². The second kappa shape index (κ2) is 8.29. The molecule has 2 aliphatic heterocycles. The summed E-state index contributed by atoms with van der Waals surface area (Å²) in [5.41, 5.74) is 0.701. The van der Waals surface area contributed by atoms with Crippen LogP contribution in [0.4, 0.5) is 0 Å². The molecule has 2 atom stereocenters. The Morgan fingerprint density at radius 3 is 2.75 bits per heavy atom. The molecule has 2 N–H and O–H groups in total. The van der Waals surface area contributed by atoms with Crippen molar-refractivity contribution in [2.45, 2.75) is 25.7 Å². The van der Waals surface area contributed by atoms with Gasteiger partial charge in [0.05, 0.1) is 5.92 Å². The molecule has 0 radical (unpaired) electrons. The average Bonchev–Trinajstić information content (AvgIpc) is 2.67. The van der Waals surface area contributed by atoms with E-state index in [9.17, 15) is 9.59 Å². The van der Waals surface area contributed by atoms with Gasteiger partial charge in [0.2, 0.25) is 5.91 Å². The summed E-state index contributed by atoms with van der Waals surface area (Å²) in [5.74, 6) is 0.590. The smallest absolute Gasteiger partial charge is 0.253 e. The number of amides is 2. The van der Waals surface area contributed by atoms with Crippen molar-refractivity contribution in [3.63, 3.8) is 0 Å². The van der Waals surface area contributed by atoms with Gasteiger partial charge < -0.3 is 15.5 Å². The van der Waals surface area contributed by atoms with Crippen molar-refractivity contribution in [1.82, 2.24) is 15.5 Å². The molecule has 0 saturated carbocycles. The zero-order chi connectivity index (χ0) is 16.8. The lowest BCUT2D eigenvalue weighted by Gasteiger charge is -2.32. The Hall–Kier alpha value is -1.88. The van der Waals surface area contributed by atoms with Gasteiger partial charge in [0.1, 0.15) is 0 Å². The van der Waals surface area contributed by atoms with E-state index in [1.165, 1.54) is 12.8 Å². The first-order valence-electron chi connectivity index (χ1n) is 9.07. The number of carbonyl (C=O) groups excluding carboxylic acids is 2. The minimum absolute atomic E-state index is 0.0320. The third-order valence-electron chi connectivity index (χ3n) is 5.06. The standard InChI is InChI=1S/C19H27N3O2/c23-18(21-13-15-6-4-10-20-12-15)17-9-5-11-22(14-17)19(24)16-7-2-1-3-8-16/h1-3,7-8,15,17,20H,4-6,9-14H2,(H,21,23). The van der Waals surface area contributed by atoms with Crippen molar-refractivity contribution >= 4 is 11.8 Å². The Morgan fingerprint density at radius 1 is 1.17 bits per heavy atom. The van der Waals surface area contributed by atoms with Crippen LogP contribution in [0.2, 0.25) is 0 Å². The molecular formula is C19H27N3O2. The predicted octanol–water partition coefficient (Wildman–Crippen LogP) is 1.65. The molecule has 0 bridgehead atoms. The molecule has 1 aromatic carbocycles. The lowest BCUT2D eigenvalue weighted by atomic mass is 9.95. The van der Waals surface area contributed by atoms with Crippen LogP contribution >= 0.6 is 0 Å². The van der Waals surface area contributed by atoms with Crippen LogP contribution in [0.3, 0.4) is 0 Å². The summed E-state index contributed by atoms with van der Waals surface area (Å²) in [7, 11) is 0. The Morgan fingerprint density at radius 2 is 2.00 bits per heavy atom. The Kier molecular flexibility index (Phi) is 5.86. The summed E-state index contributed by atoms with van der Waals surface area (Å²) in [6.07, 6.45) is 4.12. The number of benzene rings is 1. The number of piperidine rings is 2. The number of nitrogens with zero attached hydrogens (tertiary/aromatic N) is 1. The van der Waals surface area contributed by atoms with E-state index in [1.807, 2.05) is 35.2 Å². The van der Waals surface area contributed by atoms with E-state index in [2.05, 4.69) is 10.6 Å². The zero-order valence-electron chi connectivity index (χ0n) is 14.2. The van der Waals surface area contributed by atoms with E-state index in [4.69, 9.17) is 0 Å². The monoisotopic (exact) mass is 329 g/mol. The molecule has 2 fully saturated rings. The number of hydrogen-bond acceptors (Lipinski definition) is 3. The molecule has 0 aromatic heterocycles. The molecule has 2 aliphatic rings. The fourth-order valence-corrected chi connectivity index (χ4v) is 3.63. The van der Waals surface area contributed by atoms with Crippen molar-refractivity contribution < 1.29 is 9.59 Å². The van der Waals surface area contributed by atoms with Gasteiger partial charge in [0.15, 0.2) is 0 Å². The van der Waals surface area contributed by atoms with Gasteiger partial charge in [-0.1, -0.05) is 18.2 Å². The lowest BCUT2D eigenvalue weighted by Crippen LogP contribution is -2.47. The number of likely N-dealkylation sites (tertiary alicyclic amines) is 1. The van der Waals surface area contributed by atoms with E-state index in [-0.39, 0.29) is 17.7 Å². The largest absolute Gasteiger partial charge is 0.355 e. The molecule has 0 aliphatic carbocycles. The van der Waals surface area contributed by atoms with Crippen molar-refractivity contribution in [1.29, 1.82) is 0 Å². The quantitative estimate of drug-likeness (QED) is 0.883. The first kappa shape index (κ1) is 17.0. The van der Waals surface area contributed by atoms with Crippen molar-refractivity contribution in [2.24, 2.45) is 11.8 Å². The summed E-state index contributed by atoms with van der Waals surface area (Å²) in [4.78, 5) is 26.9. The van der Waals surface area contributed by atoms with E-state index >= 15 is 0 Å². The minimum Gasteiger partial charge on any atom is -0.355 e. The fraction of sp³-hybridized carbons (Fsp3) is 0.579. The van der Waals surface area contributed by atoms with Crippen LogP contribution in [0.15, 0.2) is 30.3 Å². The molecule has 3 rings (SSSR count). The highest BCUT2D eigenvalue weighted by Crippen LogP contribution is 2.19. The number of hydrogen-bond donors (Lipinski definition) is 2. The van der Waals surface area contributed by atoms with Gasteiger partial charge in [0, 0.05) is 25.2 Å². The molecule has 130 valence electrons. The van der Waals surface area contributed by atoms with Gasteiger partial charge in [-0.3, -0.25) is 9.59 Å². The van der Waals surface area contributed by atoms with Gasteiger partial charge in [-0.2, -0.15) is 0 Å². The van der Waals surface area contributed by atoms with Crippen LogP contribution in [0.25, 0.3) is 0 Å². The molecule has 2 saturated heterocycles. The third-order valence-corrected chi connectivity index (χ3v) is 5.06. The molecule has 0 spiro atoms. The lowest BCUT2D eigenvalue weighted by molar-refractivity contribution is -0.126. The average molecular weight is 329 g/mol. The fourth-order valence-electron chi connectivity index (χ4n) is 3.63. The molecule has 1 aromatic rings. The first-order chi connectivity index (χ1) is 11.7. The SMILES string of the molecule is O=C(NCC1CCCNC1)C1CCCN(C(=O)c2ccccc2)C1. The van der Waals surface area contributed by atoms with Crippen LogP contribution in [0.1, 0.15) is 36.0 Å². The molecule has 2 heterocycles. The Bertz CT molecular complexity index is 555. The second-order valence-corrected chi connectivity index (χ2v) is 6.91. The summed E-state index contributed by atoms with van der Waals surface area (Å²) in [6, 6.07) is 9.33. The van der Waals surface area contributed by atoms with Crippen molar-refractivity contribution in [3.8, 4) is 0 Å². The topological polar surface area (TPSA) is 61.4 Å². The zero-order valence-corrected chi connectivity index (χ0v) is 14.2. The van der Waals surface area contributed by atoms with Gasteiger partial charge in [-0.05, 0) is 56.8 Å². The molecule has 5 heteroatoms. The minimum atomic E-state index is -0.0806. The van der Waals surface area contributed by atoms with E-state index < -0.39 is 0 Å². The third kappa shape index (κ3) is 4.35. The van der Waals surface area contributed by atoms with Crippen LogP contribution in [-0.2, 0) is 4.79 Å². The van der Waals surface area contributed by atoms with E-state index in [1.54, 1.807) is 0 Å². The summed E-state index contributed by atoms with van der Waals surface area (Å²) in [5, 5.41) is 6.48. The molecular weight excluding hydrogens is 302 g/mol. The predicted molar refractivity (Wildman–Crippen MR) is 93.7 cm³/mol. The van der Waals surface area contributed by atoms with Gasteiger partial charge in [0.25, 0.3) is 5.91 Å².